The molecule has 1 aromatic rings. The molecule has 0 unspecified atom stereocenters. The molecule has 140 valence electrons. The SMILES string of the molecule is CCCOCC(=O)N1CCN(Cc2ccc(OC(F)(F)F)cc2)CC1. The monoisotopic (exact) mass is 360 g/mol. The third-order valence-corrected chi connectivity index (χ3v) is 3.86. The molecule has 1 heterocycles. The van der Waals surface area contributed by atoms with Crippen LogP contribution < -0.4 is 4.74 Å². The molecule has 1 saturated heterocycles. The van der Waals surface area contributed by atoms with Crippen molar-refractivity contribution in [1.29, 1.82) is 0 Å². The molecule has 1 amide bonds. The molecule has 25 heavy (non-hydrogen) atoms. The van der Waals surface area contributed by atoms with Gasteiger partial charge in [-0.3, -0.25) is 9.69 Å². The highest BCUT2D eigenvalue weighted by molar-refractivity contribution is 5.77. The minimum atomic E-state index is -4.68. The summed E-state index contributed by atoms with van der Waals surface area (Å²) in [6.45, 7) is 6.02. The molecule has 2 rings (SSSR count). The minimum Gasteiger partial charge on any atom is -0.406 e. The van der Waals surface area contributed by atoms with Gasteiger partial charge in [0, 0.05) is 39.3 Å². The van der Waals surface area contributed by atoms with Crippen molar-refractivity contribution in [3.05, 3.63) is 29.8 Å². The van der Waals surface area contributed by atoms with Gasteiger partial charge in [-0.15, -0.1) is 13.2 Å². The molecule has 1 aliphatic heterocycles. The highest BCUT2D eigenvalue weighted by atomic mass is 19.4. The van der Waals surface area contributed by atoms with Crippen molar-refractivity contribution in [2.75, 3.05) is 39.4 Å². The number of piperazine rings is 1. The fraction of sp³-hybridized carbons (Fsp3) is 0.588. The first kappa shape index (κ1) is 19.5. The predicted molar refractivity (Wildman–Crippen MR) is 86.1 cm³/mol. The van der Waals surface area contributed by atoms with Gasteiger partial charge < -0.3 is 14.4 Å². The van der Waals surface area contributed by atoms with E-state index in [-0.39, 0.29) is 18.3 Å². The standard InChI is InChI=1S/C17H23F3N2O3/c1-2-11-24-13-16(23)22-9-7-21(8-10-22)12-14-3-5-15(6-4-14)25-17(18,19)20/h3-6H,2,7-13H2,1H3. The summed E-state index contributed by atoms with van der Waals surface area (Å²) in [5.74, 6) is -0.222. The zero-order valence-electron chi connectivity index (χ0n) is 14.2. The average Bonchev–Trinajstić information content (AvgIpc) is 2.56. The predicted octanol–water partition coefficient (Wildman–Crippen LogP) is 2.66. The molecule has 1 fully saturated rings. The Hall–Kier alpha value is -1.80. The van der Waals surface area contributed by atoms with Crippen LogP contribution in [0.4, 0.5) is 13.2 Å². The van der Waals surface area contributed by atoms with Crippen molar-refractivity contribution in [3.8, 4) is 5.75 Å². The van der Waals surface area contributed by atoms with E-state index in [2.05, 4.69) is 9.64 Å². The van der Waals surface area contributed by atoms with E-state index in [9.17, 15) is 18.0 Å². The Morgan fingerprint density at radius 2 is 1.76 bits per heavy atom. The van der Waals surface area contributed by atoms with E-state index in [0.717, 1.165) is 25.1 Å². The minimum absolute atomic E-state index is 0.00162. The second-order valence-electron chi connectivity index (χ2n) is 5.90. The van der Waals surface area contributed by atoms with E-state index < -0.39 is 6.36 Å². The van der Waals surface area contributed by atoms with E-state index in [0.29, 0.717) is 26.2 Å². The molecule has 0 N–H and O–H groups in total. The van der Waals surface area contributed by atoms with Crippen LogP contribution in [0, 0.1) is 0 Å². The lowest BCUT2D eigenvalue weighted by molar-refractivity contribution is -0.274. The lowest BCUT2D eigenvalue weighted by Crippen LogP contribution is -2.49. The van der Waals surface area contributed by atoms with Crippen LogP contribution in [0.2, 0.25) is 0 Å². The first-order valence-electron chi connectivity index (χ1n) is 8.30. The molecule has 0 radical (unpaired) electrons. The number of rotatable bonds is 7. The number of ether oxygens (including phenoxy) is 2. The van der Waals surface area contributed by atoms with Gasteiger partial charge in [0.1, 0.15) is 12.4 Å². The van der Waals surface area contributed by atoms with Crippen molar-refractivity contribution in [2.24, 2.45) is 0 Å². The van der Waals surface area contributed by atoms with Crippen LogP contribution in [0.3, 0.4) is 0 Å². The number of carbonyl (C=O) groups excluding carboxylic acids is 1. The zero-order valence-corrected chi connectivity index (χ0v) is 14.2. The van der Waals surface area contributed by atoms with Crippen LogP contribution in [0.5, 0.6) is 5.75 Å². The van der Waals surface area contributed by atoms with Crippen molar-refractivity contribution in [3.63, 3.8) is 0 Å². The second-order valence-corrected chi connectivity index (χ2v) is 5.90. The summed E-state index contributed by atoms with van der Waals surface area (Å²) in [5, 5.41) is 0. The summed E-state index contributed by atoms with van der Waals surface area (Å²) in [7, 11) is 0. The van der Waals surface area contributed by atoms with E-state index >= 15 is 0 Å². The number of nitrogens with zero attached hydrogens (tertiary/aromatic N) is 2. The number of carbonyl (C=O) groups is 1. The number of amides is 1. The van der Waals surface area contributed by atoms with Gasteiger partial charge in [0.05, 0.1) is 0 Å². The van der Waals surface area contributed by atoms with Crippen molar-refractivity contribution in [1.82, 2.24) is 9.80 Å². The summed E-state index contributed by atoms with van der Waals surface area (Å²) in [6, 6.07) is 5.87. The molecule has 0 saturated carbocycles. The maximum Gasteiger partial charge on any atom is 0.573 e. The Balaban J connectivity index is 1.75. The summed E-state index contributed by atoms with van der Waals surface area (Å²) in [6.07, 6.45) is -3.79. The number of alkyl halides is 3. The molecular weight excluding hydrogens is 337 g/mol. The molecule has 1 aliphatic rings. The van der Waals surface area contributed by atoms with Gasteiger partial charge in [0.25, 0.3) is 0 Å². The van der Waals surface area contributed by atoms with Crippen molar-refractivity contribution in [2.45, 2.75) is 26.3 Å². The van der Waals surface area contributed by atoms with E-state index in [4.69, 9.17) is 4.74 Å². The van der Waals surface area contributed by atoms with Crippen LogP contribution in [-0.2, 0) is 16.1 Å². The lowest BCUT2D eigenvalue weighted by atomic mass is 10.2. The quantitative estimate of drug-likeness (QED) is 0.701. The van der Waals surface area contributed by atoms with Crippen LogP contribution >= 0.6 is 0 Å². The Morgan fingerprint density at radius 3 is 2.32 bits per heavy atom. The van der Waals surface area contributed by atoms with Crippen LogP contribution in [-0.4, -0.2) is 61.5 Å². The maximum absolute atomic E-state index is 12.1. The molecule has 0 aromatic heterocycles. The summed E-state index contributed by atoms with van der Waals surface area (Å²) in [5.41, 5.74) is 0.903. The molecule has 0 spiro atoms. The van der Waals surface area contributed by atoms with Gasteiger partial charge >= 0.3 is 6.36 Å². The number of hydrogen-bond acceptors (Lipinski definition) is 4. The zero-order chi connectivity index (χ0) is 18.3. The summed E-state index contributed by atoms with van der Waals surface area (Å²) >= 11 is 0. The largest absolute Gasteiger partial charge is 0.573 e. The first-order valence-corrected chi connectivity index (χ1v) is 8.30. The fourth-order valence-electron chi connectivity index (χ4n) is 2.61. The topological polar surface area (TPSA) is 42.0 Å². The molecule has 8 heteroatoms. The van der Waals surface area contributed by atoms with Gasteiger partial charge in [0.2, 0.25) is 5.91 Å². The Morgan fingerprint density at radius 1 is 1.12 bits per heavy atom. The Kier molecular flexibility index (Phi) is 7.07. The van der Waals surface area contributed by atoms with Gasteiger partial charge in [-0.05, 0) is 24.1 Å². The normalized spacial score (nSPS) is 16.1. The highest BCUT2D eigenvalue weighted by Crippen LogP contribution is 2.23. The summed E-state index contributed by atoms with van der Waals surface area (Å²) in [4.78, 5) is 15.9. The van der Waals surface area contributed by atoms with E-state index in [1.165, 1.54) is 12.1 Å². The maximum atomic E-state index is 12.1. The Bertz CT molecular complexity index is 541. The van der Waals surface area contributed by atoms with Gasteiger partial charge in [-0.2, -0.15) is 0 Å². The van der Waals surface area contributed by atoms with E-state index in [1.807, 2.05) is 6.92 Å². The van der Waals surface area contributed by atoms with Gasteiger partial charge in [0.15, 0.2) is 0 Å². The third kappa shape index (κ3) is 6.91. The molecule has 0 aliphatic carbocycles. The third-order valence-electron chi connectivity index (χ3n) is 3.86. The van der Waals surface area contributed by atoms with Crippen LogP contribution in [0.15, 0.2) is 24.3 Å². The Labute approximate surface area is 145 Å². The van der Waals surface area contributed by atoms with Gasteiger partial charge in [-0.25, -0.2) is 0 Å². The number of halogens is 3. The van der Waals surface area contributed by atoms with Crippen LogP contribution in [0.25, 0.3) is 0 Å². The fourth-order valence-corrected chi connectivity index (χ4v) is 2.61. The van der Waals surface area contributed by atoms with Crippen molar-refractivity contribution >= 4 is 5.91 Å². The number of hydrogen-bond donors (Lipinski definition) is 0. The smallest absolute Gasteiger partial charge is 0.406 e. The van der Waals surface area contributed by atoms with Crippen LogP contribution in [0.1, 0.15) is 18.9 Å². The molecule has 0 bridgehead atoms. The first-order chi connectivity index (χ1) is 11.9. The van der Waals surface area contributed by atoms with Crippen molar-refractivity contribution < 1.29 is 27.4 Å². The molecule has 1 aromatic carbocycles. The highest BCUT2D eigenvalue weighted by Gasteiger charge is 2.31. The molecule has 5 nitrogen and oxygen atoms in total. The lowest BCUT2D eigenvalue weighted by Gasteiger charge is -2.34. The van der Waals surface area contributed by atoms with E-state index in [1.54, 1.807) is 17.0 Å². The number of benzene rings is 1. The average molecular weight is 360 g/mol. The second kappa shape index (κ2) is 9.05. The summed E-state index contributed by atoms with van der Waals surface area (Å²) < 4.78 is 45.6. The molecule has 0 atom stereocenters. The van der Waals surface area contributed by atoms with Gasteiger partial charge in [-0.1, -0.05) is 19.1 Å². The molecular formula is C17H23F3N2O3.